The highest BCUT2D eigenvalue weighted by atomic mass is 79.9. The molecule has 5 rings (SSSR count). The van der Waals surface area contributed by atoms with Gasteiger partial charge in [0.25, 0.3) is 0 Å². The van der Waals surface area contributed by atoms with Gasteiger partial charge in [0.05, 0.1) is 30.2 Å². The predicted molar refractivity (Wildman–Crippen MR) is 156 cm³/mol. The number of carbonyl (C=O) groups excluding carboxylic acids is 2. The number of carbonyl (C=O) groups is 2. The number of ether oxygens (including phenoxy) is 1. The van der Waals surface area contributed by atoms with E-state index < -0.39 is 25.1 Å². The zero-order valence-corrected chi connectivity index (χ0v) is 24.3. The van der Waals surface area contributed by atoms with Gasteiger partial charge in [0, 0.05) is 29.9 Å². The molecule has 0 radical (unpaired) electrons. The summed E-state index contributed by atoms with van der Waals surface area (Å²) in [6.45, 7) is 2.71. The number of aromatic nitrogens is 1. The minimum atomic E-state index is -1.04. The molecule has 2 N–H and O–H groups in total. The van der Waals surface area contributed by atoms with E-state index in [2.05, 4.69) is 20.9 Å². The molecule has 0 unspecified atom stereocenters. The van der Waals surface area contributed by atoms with E-state index in [0.717, 1.165) is 26.9 Å². The average Bonchev–Trinajstić information content (AvgIpc) is 3.18. The van der Waals surface area contributed by atoms with Crippen molar-refractivity contribution in [1.29, 1.82) is 0 Å². The molecule has 4 atom stereocenters. The maximum Gasteiger partial charge on any atom is 0.455 e. The first kappa shape index (κ1) is 28.7. The number of phenolic OH excluding ortho intramolecular Hbond substituents is 1. The van der Waals surface area contributed by atoms with Crippen LogP contribution in [0.1, 0.15) is 43.9 Å². The minimum Gasteiger partial charge on any atom is -0.507 e. The van der Waals surface area contributed by atoms with Crippen LogP contribution >= 0.6 is 15.9 Å². The van der Waals surface area contributed by atoms with Gasteiger partial charge in [-0.3, -0.25) is 19.5 Å². The molecule has 10 heteroatoms. The number of methoxy groups -OCH3 is 1. The van der Waals surface area contributed by atoms with Crippen LogP contribution in [0.15, 0.2) is 58.2 Å². The van der Waals surface area contributed by atoms with Gasteiger partial charge in [0.15, 0.2) is 0 Å². The Morgan fingerprint density at radius 2 is 2.08 bits per heavy atom. The molecule has 3 aliphatic rings. The number of hydrogen-bond acceptors (Lipinski definition) is 7. The van der Waals surface area contributed by atoms with E-state index in [4.69, 9.17) is 9.39 Å². The van der Waals surface area contributed by atoms with E-state index in [1.807, 2.05) is 37.3 Å². The van der Waals surface area contributed by atoms with Crippen LogP contribution in [-0.4, -0.2) is 65.3 Å². The standard InChI is InChI=1S/C30H34BBrN2O6/c1-3-12-34-29(36)22-15-20(17-39-2)27-23(28(22)30(34)37)16-31(38)40-26(27)10-7-18(24-6-4-5-11-33-24)13-19-14-21(32)8-9-25(19)35/h4-6,8-9,11,13-14,22-23,26,28,35,38H,3,7,10,12,15-17H2,1-2H3/b18-13-/t22-,23+,26-,28-/m1/s1. The molecule has 1 aromatic carbocycles. The van der Waals surface area contributed by atoms with Crippen molar-refractivity contribution in [2.45, 2.75) is 45.0 Å². The summed E-state index contributed by atoms with van der Waals surface area (Å²) in [5, 5.41) is 21.3. The SMILES string of the molecule is CCCN1C(=O)[C@@H]2[C@@H](CC(COC)=C3[C@@H](CC/C(=C/c4cc(Br)ccc4O)c4ccccn4)OB(O)C[C@@H]32)C1=O. The summed E-state index contributed by atoms with van der Waals surface area (Å²) in [5.74, 6) is -1.29. The first-order chi connectivity index (χ1) is 19.3. The van der Waals surface area contributed by atoms with Crippen LogP contribution in [-0.2, 0) is 19.0 Å². The number of amides is 2. The molecule has 2 aromatic rings. The Balaban J connectivity index is 1.48. The quantitative estimate of drug-likeness (QED) is 0.241. The van der Waals surface area contributed by atoms with Gasteiger partial charge in [-0.1, -0.05) is 28.9 Å². The second-order valence-electron chi connectivity index (χ2n) is 10.7. The lowest BCUT2D eigenvalue weighted by atomic mass is 9.58. The average molecular weight is 609 g/mol. The van der Waals surface area contributed by atoms with Crippen LogP contribution in [0.3, 0.4) is 0 Å². The number of pyridine rings is 1. The number of hydrogen-bond donors (Lipinski definition) is 2. The highest BCUT2D eigenvalue weighted by molar-refractivity contribution is 9.10. The summed E-state index contributed by atoms with van der Waals surface area (Å²) in [6, 6.07) is 11.0. The number of allylic oxidation sites excluding steroid dienone is 1. The van der Waals surface area contributed by atoms with Gasteiger partial charge in [0.2, 0.25) is 11.8 Å². The van der Waals surface area contributed by atoms with Crippen molar-refractivity contribution in [2.75, 3.05) is 20.3 Å². The van der Waals surface area contributed by atoms with Gasteiger partial charge in [-0.25, -0.2) is 0 Å². The molecule has 2 fully saturated rings. The lowest BCUT2D eigenvalue weighted by Crippen LogP contribution is -2.46. The lowest BCUT2D eigenvalue weighted by Gasteiger charge is -2.43. The van der Waals surface area contributed by atoms with Crippen LogP contribution in [0, 0.1) is 17.8 Å². The van der Waals surface area contributed by atoms with Crippen molar-refractivity contribution in [3.63, 3.8) is 0 Å². The highest BCUT2D eigenvalue weighted by Gasteiger charge is 2.57. The molecular formula is C30H34BBrN2O6. The fourth-order valence-corrected chi connectivity index (χ4v) is 6.90. The number of fused-ring (bicyclic) bond motifs is 3. The van der Waals surface area contributed by atoms with Crippen molar-refractivity contribution < 1.29 is 29.1 Å². The van der Waals surface area contributed by atoms with E-state index in [1.54, 1.807) is 25.4 Å². The molecule has 40 heavy (non-hydrogen) atoms. The smallest absolute Gasteiger partial charge is 0.455 e. The second-order valence-corrected chi connectivity index (χ2v) is 11.6. The zero-order valence-electron chi connectivity index (χ0n) is 22.8. The zero-order chi connectivity index (χ0) is 28.4. The van der Waals surface area contributed by atoms with Crippen LogP contribution in [0.4, 0.5) is 0 Å². The summed E-state index contributed by atoms with van der Waals surface area (Å²) in [7, 11) is 0.584. The molecule has 2 saturated heterocycles. The van der Waals surface area contributed by atoms with Gasteiger partial charge >= 0.3 is 7.12 Å². The molecule has 210 valence electrons. The van der Waals surface area contributed by atoms with Crippen LogP contribution in [0.25, 0.3) is 11.6 Å². The fourth-order valence-electron chi connectivity index (χ4n) is 6.52. The first-order valence-electron chi connectivity index (χ1n) is 13.8. The second kappa shape index (κ2) is 12.4. The van der Waals surface area contributed by atoms with Crippen LogP contribution in [0.2, 0.25) is 6.32 Å². The molecule has 1 aromatic heterocycles. The minimum absolute atomic E-state index is 0.115. The Kier molecular flexibility index (Phi) is 8.90. The molecular weight excluding hydrogens is 575 g/mol. The summed E-state index contributed by atoms with van der Waals surface area (Å²) in [6.07, 6.45) is 5.69. The van der Waals surface area contributed by atoms with Gasteiger partial charge in [-0.2, -0.15) is 0 Å². The number of aromatic hydroxyl groups is 1. The maximum atomic E-state index is 13.5. The Bertz CT molecular complexity index is 1330. The van der Waals surface area contributed by atoms with Crippen LogP contribution < -0.4 is 0 Å². The first-order valence-corrected chi connectivity index (χ1v) is 14.6. The Morgan fingerprint density at radius 1 is 1.25 bits per heavy atom. The molecule has 2 aliphatic heterocycles. The third-order valence-electron chi connectivity index (χ3n) is 8.15. The monoisotopic (exact) mass is 608 g/mol. The lowest BCUT2D eigenvalue weighted by molar-refractivity contribution is -0.140. The number of imide groups is 1. The summed E-state index contributed by atoms with van der Waals surface area (Å²) < 4.78 is 12.5. The third kappa shape index (κ3) is 5.68. The van der Waals surface area contributed by atoms with Gasteiger partial charge < -0.3 is 19.5 Å². The van der Waals surface area contributed by atoms with Crippen molar-refractivity contribution in [1.82, 2.24) is 9.88 Å². The van der Waals surface area contributed by atoms with Crippen molar-refractivity contribution in [2.24, 2.45) is 17.8 Å². The molecule has 0 spiro atoms. The number of rotatable bonds is 9. The summed E-state index contributed by atoms with van der Waals surface area (Å²) in [4.78, 5) is 32.7. The highest BCUT2D eigenvalue weighted by Crippen LogP contribution is 2.50. The van der Waals surface area contributed by atoms with E-state index in [9.17, 15) is 19.7 Å². The van der Waals surface area contributed by atoms with E-state index in [-0.39, 0.29) is 29.8 Å². The molecule has 0 bridgehead atoms. The molecule has 1 aliphatic carbocycles. The number of phenols is 1. The molecule has 0 saturated carbocycles. The third-order valence-corrected chi connectivity index (χ3v) is 8.65. The van der Waals surface area contributed by atoms with Crippen LogP contribution in [0.5, 0.6) is 5.75 Å². The van der Waals surface area contributed by atoms with Crippen molar-refractivity contribution in [3.05, 3.63) is 69.5 Å². The Morgan fingerprint density at radius 3 is 2.80 bits per heavy atom. The van der Waals surface area contributed by atoms with Crippen molar-refractivity contribution in [3.8, 4) is 5.75 Å². The van der Waals surface area contributed by atoms with Gasteiger partial charge in [-0.15, -0.1) is 0 Å². The number of halogens is 1. The Labute approximate surface area is 243 Å². The molecule has 2 amide bonds. The van der Waals surface area contributed by atoms with E-state index in [1.165, 1.54) is 4.90 Å². The largest absolute Gasteiger partial charge is 0.507 e. The van der Waals surface area contributed by atoms with Gasteiger partial charge in [-0.05, 0) is 91.0 Å². The topological polar surface area (TPSA) is 109 Å². The van der Waals surface area contributed by atoms with E-state index in [0.29, 0.717) is 44.4 Å². The molecule has 3 heterocycles. The predicted octanol–water partition coefficient (Wildman–Crippen LogP) is 4.72. The Hall–Kier alpha value is -2.79. The number of benzene rings is 1. The van der Waals surface area contributed by atoms with Gasteiger partial charge in [0.1, 0.15) is 5.75 Å². The van der Waals surface area contributed by atoms with Crippen molar-refractivity contribution >= 4 is 46.5 Å². The summed E-state index contributed by atoms with van der Waals surface area (Å²) in [5.41, 5.74) is 4.30. The number of likely N-dealkylation sites (tertiary alicyclic amines) is 1. The normalized spacial score (nSPS) is 24.9. The maximum absolute atomic E-state index is 13.5. The fraction of sp³-hybridized carbons (Fsp3) is 0.433. The number of nitrogens with zero attached hydrogens (tertiary/aromatic N) is 2. The van der Waals surface area contributed by atoms with E-state index >= 15 is 0 Å². The molecule has 8 nitrogen and oxygen atoms in total. The summed E-state index contributed by atoms with van der Waals surface area (Å²) >= 11 is 3.48.